The van der Waals surface area contributed by atoms with Crippen LogP contribution in [0, 0.1) is 0 Å². The fourth-order valence-corrected chi connectivity index (χ4v) is 5.70. The van der Waals surface area contributed by atoms with E-state index < -0.39 is 37.2 Å². The van der Waals surface area contributed by atoms with Crippen molar-refractivity contribution in [3.8, 4) is 0 Å². The van der Waals surface area contributed by atoms with Gasteiger partial charge < -0.3 is 40.7 Å². The summed E-state index contributed by atoms with van der Waals surface area (Å²) in [5.41, 5.74) is 3.06. The topological polar surface area (TPSA) is 178 Å². The standard InChI is InChI=1S/C29H33N7O6/c37-15-21-23(38)24(39)27(42-21)36-16-31-22-25(33-28(34-26(22)36)35-12-11-19(14-35)32-29(40)41)30-13-20(17-7-3-1-4-8-17)18-9-5-2-6-10-18/h1-10,16,19-21,23-24,27,32,37-39H,11-15H2,(H,40,41)(H,30,33,34)/t19?,21-,23-,24-,27-/m1/s1. The number of fused-ring (bicyclic) bond motifs is 1. The Kier molecular flexibility index (Phi) is 7.89. The van der Waals surface area contributed by atoms with Crippen LogP contribution < -0.4 is 15.5 Å². The number of aliphatic hydroxyl groups excluding tert-OH is 3. The highest BCUT2D eigenvalue weighted by Gasteiger charge is 2.44. The van der Waals surface area contributed by atoms with Gasteiger partial charge in [0.2, 0.25) is 5.95 Å². The first-order valence-corrected chi connectivity index (χ1v) is 13.9. The first kappa shape index (κ1) is 27.8. The molecule has 6 N–H and O–H groups in total. The average molecular weight is 576 g/mol. The minimum atomic E-state index is -1.31. The number of benzene rings is 2. The summed E-state index contributed by atoms with van der Waals surface area (Å²) >= 11 is 0. The Morgan fingerprint density at radius 1 is 1.02 bits per heavy atom. The van der Waals surface area contributed by atoms with Crippen molar-refractivity contribution < 1.29 is 30.0 Å². The lowest BCUT2D eigenvalue weighted by Crippen LogP contribution is -2.36. The molecular weight excluding hydrogens is 542 g/mol. The molecule has 5 atom stereocenters. The quantitative estimate of drug-likeness (QED) is 0.170. The van der Waals surface area contributed by atoms with Crippen LogP contribution in [-0.2, 0) is 4.74 Å². The summed E-state index contributed by atoms with van der Waals surface area (Å²) in [5.74, 6) is 0.829. The second-order valence-corrected chi connectivity index (χ2v) is 10.6. The Hall–Kier alpha value is -4.30. The van der Waals surface area contributed by atoms with Crippen molar-refractivity contribution in [3.05, 3.63) is 78.1 Å². The number of carboxylic acid groups (broad SMARTS) is 1. The Bertz CT molecular complexity index is 1480. The summed E-state index contributed by atoms with van der Waals surface area (Å²) < 4.78 is 7.30. The first-order valence-electron chi connectivity index (χ1n) is 13.9. The van der Waals surface area contributed by atoms with Crippen LogP contribution in [0.3, 0.4) is 0 Å². The maximum Gasteiger partial charge on any atom is 0.404 e. The maximum atomic E-state index is 11.2. The normalized spacial score (nSPS) is 24.0. The third-order valence-corrected chi connectivity index (χ3v) is 7.88. The van der Waals surface area contributed by atoms with Gasteiger partial charge in [0.15, 0.2) is 23.2 Å². The van der Waals surface area contributed by atoms with Gasteiger partial charge in [-0.1, -0.05) is 60.7 Å². The number of aliphatic hydroxyl groups is 3. The van der Waals surface area contributed by atoms with Crippen molar-refractivity contribution in [1.82, 2.24) is 24.8 Å². The monoisotopic (exact) mass is 575 g/mol. The van der Waals surface area contributed by atoms with Gasteiger partial charge in [0.1, 0.15) is 18.3 Å². The zero-order chi connectivity index (χ0) is 29.2. The molecule has 4 aromatic rings. The lowest BCUT2D eigenvalue weighted by Gasteiger charge is -2.22. The molecule has 0 bridgehead atoms. The molecule has 0 spiro atoms. The molecule has 2 aromatic heterocycles. The molecule has 2 aliphatic rings. The van der Waals surface area contributed by atoms with Crippen LogP contribution in [0.15, 0.2) is 67.0 Å². The van der Waals surface area contributed by atoms with Crippen LogP contribution >= 0.6 is 0 Å². The molecule has 4 heterocycles. The van der Waals surface area contributed by atoms with Crippen molar-refractivity contribution >= 4 is 29.0 Å². The van der Waals surface area contributed by atoms with Crippen molar-refractivity contribution in [1.29, 1.82) is 0 Å². The molecule has 6 rings (SSSR count). The molecule has 0 saturated carbocycles. The van der Waals surface area contributed by atoms with Gasteiger partial charge in [0.25, 0.3) is 0 Å². The second kappa shape index (κ2) is 11.9. The number of aromatic nitrogens is 4. The summed E-state index contributed by atoms with van der Waals surface area (Å²) in [4.78, 5) is 27.2. The number of hydrogen-bond donors (Lipinski definition) is 6. The highest BCUT2D eigenvalue weighted by molar-refractivity contribution is 5.84. The van der Waals surface area contributed by atoms with E-state index in [1.54, 1.807) is 0 Å². The average Bonchev–Trinajstić information content (AvgIpc) is 3.72. The van der Waals surface area contributed by atoms with Crippen LogP contribution in [-0.4, -0.2) is 96.6 Å². The molecule has 0 aliphatic carbocycles. The van der Waals surface area contributed by atoms with E-state index in [2.05, 4.69) is 39.9 Å². The van der Waals surface area contributed by atoms with E-state index in [9.17, 15) is 25.2 Å². The predicted molar refractivity (Wildman–Crippen MR) is 153 cm³/mol. The maximum absolute atomic E-state index is 11.2. The summed E-state index contributed by atoms with van der Waals surface area (Å²) in [6.07, 6.45) is -3.61. The van der Waals surface area contributed by atoms with E-state index in [1.807, 2.05) is 41.3 Å². The fourth-order valence-electron chi connectivity index (χ4n) is 5.70. The van der Waals surface area contributed by atoms with Gasteiger partial charge in [0.05, 0.1) is 19.0 Å². The predicted octanol–water partition coefficient (Wildman–Crippen LogP) is 1.53. The Morgan fingerprint density at radius 2 is 1.71 bits per heavy atom. The van der Waals surface area contributed by atoms with Crippen LogP contribution in [0.2, 0.25) is 0 Å². The molecule has 2 saturated heterocycles. The lowest BCUT2D eigenvalue weighted by atomic mass is 9.91. The highest BCUT2D eigenvalue weighted by Crippen LogP contribution is 2.34. The van der Waals surface area contributed by atoms with E-state index >= 15 is 0 Å². The van der Waals surface area contributed by atoms with Gasteiger partial charge in [-0.05, 0) is 17.5 Å². The summed E-state index contributed by atoms with van der Waals surface area (Å²) in [6, 6.07) is 20.0. The molecule has 1 unspecified atom stereocenters. The summed E-state index contributed by atoms with van der Waals surface area (Å²) in [7, 11) is 0. The minimum absolute atomic E-state index is 0.000619. The number of ether oxygens (including phenoxy) is 1. The van der Waals surface area contributed by atoms with Crippen LogP contribution in [0.25, 0.3) is 11.2 Å². The van der Waals surface area contributed by atoms with Gasteiger partial charge in [-0.15, -0.1) is 0 Å². The Balaban J connectivity index is 1.37. The molecule has 1 amide bonds. The highest BCUT2D eigenvalue weighted by atomic mass is 16.6. The zero-order valence-corrected chi connectivity index (χ0v) is 22.7. The fraction of sp³-hybridized carbons (Fsp3) is 0.379. The Labute approximate surface area is 241 Å². The molecule has 13 nitrogen and oxygen atoms in total. The number of hydrogen-bond acceptors (Lipinski definition) is 10. The number of carbonyl (C=O) groups is 1. The van der Waals surface area contributed by atoms with Gasteiger partial charge in [-0.3, -0.25) is 4.57 Å². The molecule has 42 heavy (non-hydrogen) atoms. The number of nitrogens with zero attached hydrogens (tertiary/aromatic N) is 5. The molecule has 220 valence electrons. The lowest BCUT2D eigenvalue weighted by molar-refractivity contribution is -0.0511. The van der Waals surface area contributed by atoms with Crippen LogP contribution in [0.5, 0.6) is 0 Å². The zero-order valence-electron chi connectivity index (χ0n) is 22.7. The molecule has 2 fully saturated rings. The van der Waals surface area contributed by atoms with Gasteiger partial charge in [-0.25, -0.2) is 9.78 Å². The Morgan fingerprint density at radius 3 is 2.33 bits per heavy atom. The number of nitrogens with one attached hydrogen (secondary N) is 2. The summed E-state index contributed by atoms with van der Waals surface area (Å²) in [6.45, 7) is 0.953. The second-order valence-electron chi connectivity index (χ2n) is 10.6. The SMILES string of the molecule is O=C(O)NC1CCN(c2nc(NCC(c3ccccc3)c3ccccc3)c3ncn([C@@H]4O[C@H](CO)[C@@H](O)[C@H]4O)c3n2)C1. The van der Waals surface area contributed by atoms with Gasteiger partial charge in [-0.2, -0.15) is 9.97 Å². The molecule has 2 aromatic carbocycles. The van der Waals surface area contributed by atoms with E-state index in [4.69, 9.17) is 14.7 Å². The molecular formula is C29H33N7O6. The van der Waals surface area contributed by atoms with E-state index in [0.29, 0.717) is 49.0 Å². The van der Waals surface area contributed by atoms with Crippen LogP contribution in [0.1, 0.15) is 29.7 Å². The van der Waals surface area contributed by atoms with Crippen molar-refractivity contribution in [2.75, 3.05) is 36.5 Å². The third kappa shape index (κ3) is 5.46. The number of amides is 1. The van der Waals surface area contributed by atoms with Crippen molar-refractivity contribution in [2.24, 2.45) is 0 Å². The van der Waals surface area contributed by atoms with Crippen molar-refractivity contribution in [3.63, 3.8) is 0 Å². The molecule has 0 radical (unpaired) electrons. The van der Waals surface area contributed by atoms with E-state index in [1.165, 1.54) is 10.9 Å². The van der Waals surface area contributed by atoms with Gasteiger partial charge >= 0.3 is 6.09 Å². The number of imidazole rings is 1. The van der Waals surface area contributed by atoms with Crippen molar-refractivity contribution in [2.45, 2.75) is 42.9 Å². The van der Waals surface area contributed by atoms with Crippen LogP contribution in [0.4, 0.5) is 16.6 Å². The number of anilines is 2. The largest absolute Gasteiger partial charge is 0.465 e. The van der Waals surface area contributed by atoms with E-state index in [-0.39, 0.29) is 12.0 Å². The smallest absolute Gasteiger partial charge is 0.404 e. The molecule has 2 aliphatic heterocycles. The number of rotatable bonds is 9. The molecule has 13 heteroatoms. The first-order chi connectivity index (χ1) is 20.4. The third-order valence-electron chi connectivity index (χ3n) is 7.88. The van der Waals surface area contributed by atoms with Gasteiger partial charge in [0, 0.05) is 25.6 Å². The summed E-state index contributed by atoms with van der Waals surface area (Å²) in [5, 5.41) is 45.9. The minimum Gasteiger partial charge on any atom is -0.465 e. The van der Waals surface area contributed by atoms with E-state index in [0.717, 1.165) is 11.1 Å².